The van der Waals surface area contributed by atoms with E-state index in [-0.39, 0.29) is 23.1 Å². The average Bonchev–Trinajstić information content (AvgIpc) is 3.65. The zero-order valence-corrected chi connectivity index (χ0v) is 21.9. The van der Waals surface area contributed by atoms with Crippen molar-refractivity contribution in [3.05, 3.63) is 52.7 Å². The molecule has 0 spiro atoms. The lowest BCUT2D eigenvalue weighted by Crippen LogP contribution is -2.49. The van der Waals surface area contributed by atoms with Crippen molar-refractivity contribution < 1.29 is 18.0 Å². The summed E-state index contributed by atoms with van der Waals surface area (Å²) in [5, 5.41) is 0. The normalized spacial score (nSPS) is 19.5. The minimum Gasteiger partial charge on any atom is -0.353 e. The number of carbonyl (C=O) groups excluding carboxylic acids is 2. The van der Waals surface area contributed by atoms with Crippen molar-refractivity contribution in [1.29, 1.82) is 0 Å². The first-order valence-corrected chi connectivity index (χ1v) is 14.1. The van der Waals surface area contributed by atoms with Gasteiger partial charge in [-0.25, -0.2) is 13.4 Å². The first-order valence-electron chi connectivity index (χ1n) is 12.5. The molecule has 2 saturated heterocycles. The van der Waals surface area contributed by atoms with Crippen LogP contribution in [-0.4, -0.2) is 87.6 Å². The molecule has 0 bridgehead atoms. The Morgan fingerprint density at radius 1 is 1.00 bits per heavy atom. The van der Waals surface area contributed by atoms with Gasteiger partial charge in [0.1, 0.15) is 5.82 Å². The zero-order chi connectivity index (χ0) is 25.6. The molecule has 10 heteroatoms. The molecule has 0 atom stereocenters. The molecule has 0 radical (unpaired) electrons. The summed E-state index contributed by atoms with van der Waals surface area (Å²) in [5.41, 5.74) is 3.42. The van der Waals surface area contributed by atoms with E-state index in [1.807, 2.05) is 6.20 Å². The topological polar surface area (TPSA) is 94.1 Å². The number of hydrogen-bond donors (Lipinski definition) is 0. The van der Waals surface area contributed by atoms with Crippen molar-refractivity contribution in [2.45, 2.75) is 32.1 Å². The van der Waals surface area contributed by atoms with Crippen molar-refractivity contribution in [3.8, 4) is 0 Å². The summed E-state index contributed by atoms with van der Waals surface area (Å²) in [5.74, 6) is 1.17. The van der Waals surface area contributed by atoms with Gasteiger partial charge in [0.25, 0.3) is 11.8 Å². The van der Waals surface area contributed by atoms with Gasteiger partial charge in [0.05, 0.1) is 22.6 Å². The smallest absolute Gasteiger partial charge is 0.254 e. The maximum absolute atomic E-state index is 13.5. The van der Waals surface area contributed by atoms with E-state index in [1.165, 1.54) is 27.6 Å². The highest BCUT2D eigenvalue weighted by molar-refractivity contribution is 7.93. The molecule has 3 heterocycles. The Kier molecular flexibility index (Phi) is 6.40. The lowest BCUT2D eigenvalue weighted by Gasteiger charge is -2.36. The largest absolute Gasteiger partial charge is 0.353 e. The first-order chi connectivity index (χ1) is 17.2. The lowest BCUT2D eigenvalue weighted by atomic mass is 10.0. The number of aromatic nitrogens is 1. The van der Waals surface area contributed by atoms with E-state index in [0.717, 1.165) is 11.4 Å². The van der Waals surface area contributed by atoms with Crippen LogP contribution in [0.2, 0.25) is 0 Å². The van der Waals surface area contributed by atoms with Crippen molar-refractivity contribution in [1.82, 2.24) is 14.8 Å². The Balaban J connectivity index is 1.34. The van der Waals surface area contributed by atoms with Crippen LogP contribution in [0.4, 0.5) is 11.5 Å². The van der Waals surface area contributed by atoms with Gasteiger partial charge in [-0.05, 0) is 61.4 Å². The minimum absolute atomic E-state index is 0.0898. The minimum atomic E-state index is -3.40. The standard InChI is InChI=1S/C26H33N5O4S/c1-18-15-20(19-5-6-19)17-27-24(18)29-10-12-30(13-11-29)26(33)22-8-7-21(16-23(22)25(32)28(2)3)31-9-4-14-36(31,34)35/h7-8,15-17,19H,4-6,9-14H2,1-3H3. The van der Waals surface area contributed by atoms with Crippen molar-refractivity contribution in [3.63, 3.8) is 0 Å². The molecule has 3 aliphatic rings. The average molecular weight is 512 g/mol. The summed E-state index contributed by atoms with van der Waals surface area (Å²) in [6, 6.07) is 7.01. The maximum atomic E-state index is 13.5. The number of sulfonamides is 1. The van der Waals surface area contributed by atoms with Gasteiger partial charge in [0.15, 0.2) is 0 Å². The van der Waals surface area contributed by atoms with Crippen LogP contribution >= 0.6 is 0 Å². The molecule has 1 aromatic heterocycles. The zero-order valence-electron chi connectivity index (χ0n) is 21.1. The molecular formula is C26H33N5O4S. The van der Waals surface area contributed by atoms with E-state index in [1.54, 1.807) is 37.2 Å². The second-order valence-corrected chi connectivity index (χ2v) is 12.1. The molecule has 9 nitrogen and oxygen atoms in total. The molecule has 192 valence electrons. The van der Waals surface area contributed by atoms with Gasteiger partial charge >= 0.3 is 0 Å². The van der Waals surface area contributed by atoms with Gasteiger partial charge in [-0.15, -0.1) is 0 Å². The summed E-state index contributed by atoms with van der Waals surface area (Å²) < 4.78 is 26.2. The fraction of sp³-hybridized carbons (Fsp3) is 0.500. The molecule has 1 aromatic carbocycles. The van der Waals surface area contributed by atoms with Crippen LogP contribution in [0.1, 0.15) is 57.0 Å². The Labute approximate surface area is 212 Å². The molecule has 1 aliphatic carbocycles. The van der Waals surface area contributed by atoms with E-state index >= 15 is 0 Å². The van der Waals surface area contributed by atoms with E-state index in [4.69, 9.17) is 4.98 Å². The van der Waals surface area contributed by atoms with Crippen molar-refractivity contribution in [2.75, 3.05) is 61.8 Å². The van der Waals surface area contributed by atoms with Gasteiger partial charge in [-0.2, -0.15) is 0 Å². The number of amides is 2. The molecule has 5 rings (SSSR count). The van der Waals surface area contributed by atoms with Crippen LogP contribution in [-0.2, 0) is 10.0 Å². The van der Waals surface area contributed by atoms with Crippen LogP contribution in [0, 0.1) is 6.92 Å². The predicted octanol–water partition coefficient (Wildman–Crippen LogP) is 2.47. The van der Waals surface area contributed by atoms with Crippen LogP contribution in [0.3, 0.4) is 0 Å². The number of aryl methyl sites for hydroxylation is 1. The van der Waals surface area contributed by atoms with Crippen LogP contribution < -0.4 is 9.21 Å². The molecule has 36 heavy (non-hydrogen) atoms. The lowest BCUT2D eigenvalue weighted by molar-refractivity contribution is 0.0731. The molecule has 1 saturated carbocycles. The molecule has 2 amide bonds. The Hall–Kier alpha value is -3.14. The van der Waals surface area contributed by atoms with E-state index in [0.29, 0.717) is 56.3 Å². The summed E-state index contributed by atoms with van der Waals surface area (Å²) in [6.07, 6.45) is 5.02. The highest BCUT2D eigenvalue weighted by Crippen LogP contribution is 2.40. The summed E-state index contributed by atoms with van der Waals surface area (Å²) >= 11 is 0. The highest BCUT2D eigenvalue weighted by atomic mass is 32.2. The van der Waals surface area contributed by atoms with E-state index in [2.05, 4.69) is 17.9 Å². The third-order valence-electron chi connectivity index (χ3n) is 7.24. The number of anilines is 2. The molecule has 3 fully saturated rings. The van der Waals surface area contributed by atoms with Gasteiger partial charge in [-0.3, -0.25) is 13.9 Å². The first kappa shape index (κ1) is 24.5. The molecular weight excluding hydrogens is 478 g/mol. The quantitative estimate of drug-likeness (QED) is 0.612. The summed E-state index contributed by atoms with van der Waals surface area (Å²) in [6.45, 7) is 4.81. The number of carbonyl (C=O) groups is 2. The third-order valence-corrected chi connectivity index (χ3v) is 9.11. The summed E-state index contributed by atoms with van der Waals surface area (Å²) in [7, 11) is -0.148. The highest BCUT2D eigenvalue weighted by Gasteiger charge is 2.32. The van der Waals surface area contributed by atoms with Gasteiger partial charge in [0, 0.05) is 53.0 Å². The Bertz CT molecular complexity index is 1300. The Morgan fingerprint density at radius 2 is 1.72 bits per heavy atom. The molecule has 0 N–H and O–H groups in total. The van der Waals surface area contributed by atoms with Gasteiger partial charge < -0.3 is 14.7 Å². The predicted molar refractivity (Wildman–Crippen MR) is 139 cm³/mol. The molecule has 0 unspecified atom stereocenters. The fourth-order valence-corrected chi connectivity index (χ4v) is 6.63. The molecule has 2 aliphatic heterocycles. The van der Waals surface area contributed by atoms with Crippen LogP contribution in [0.5, 0.6) is 0 Å². The number of pyridine rings is 1. The second-order valence-electron chi connectivity index (χ2n) is 10.1. The number of rotatable bonds is 5. The SMILES string of the molecule is Cc1cc(C2CC2)cnc1N1CCN(C(=O)c2ccc(N3CCCS3(=O)=O)cc2C(=O)N(C)C)CC1. The molecule has 2 aromatic rings. The number of benzene rings is 1. The van der Waals surface area contributed by atoms with E-state index in [9.17, 15) is 18.0 Å². The van der Waals surface area contributed by atoms with Crippen molar-refractivity contribution in [2.24, 2.45) is 0 Å². The number of nitrogens with zero attached hydrogens (tertiary/aromatic N) is 5. The number of hydrogen-bond acceptors (Lipinski definition) is 6. The Morgan fingerprint density at radius 3 is 2.31 bits per heavy atom. The third kappa shape index (κ3) is 4.66. The fourth-order valence-electron chi connectivity index (χ4n) is 5.07. The summed E-state index contributed by atoms with van der Waals surface area (Å²) in [4.78, 5) is 36.6. The van der Waals surface area contributed by atoms with Crippen LogP contribution in [0.15, 0.2) is 30.5 Å². The monoisotopic (exact) mass is 511 g/mol. The van der Waals surface area contributed by atoms with Gasteiger partial charge in [-0.1, -0.05) is 6.07 Å². The van der Waals surface area contributed by atoms with Crippen LogP contribution in [0.25, 0.3) is 0 Å². The van der Waals surface area contributed by atoms with E-state index < -0.39 is 10.0 Å². The van der Waals surface area contributed by atoms with Crippen molar-refractivity contribution >= 4 is 33.3 Å². The number of piperazine rings is 1. The second kappa shape index (κ2) is 9.38. The van der Waals surface area contributed by atoms with Gasteiger partial charge in [0.2, 0.25) is 10.0 Å². The maximum Gasteiger partial charge on any atom is 0.254 e.